The highest BCUT2D eigenvalue weighted by Gasteiger charge is 2.46. The zero-order valence-corrected chi connectivity index (χ0v) is 19.1. The molecule has 166 valence electrons. The number of hydrogen-bond donors (Lipinski definition) is 2. The Morgan fingerprint density at radius 2 is 1.79 bits per heavy atom. The molecule has 2 N–H and O–H groups in total. The van der Waals surface area contributed by atoms with Crippen molar-refractivity contribution in [3.8, 4) is 0 Å². The smallest absolute Gasteiger partial charge is 0.296 e. The third-order valence-corrected chi connectivity index (χ3v) is 6.37. The molecule has 1 unspecified atom stereocenters. The van der Waals surface area contributed by atoms with Crippen LogP contribution in [0.25, 0.3) is 22.0 Å². The number of halogens is 1. The van der Waals surface area contributed by atoms with E-state index >= 15 is 0 Å². The van der Waals surface area contributed by atoms with Crippen LogP contribution in [-0.2, 0) is 4.79 Å². The fourth-order valence-corrected chi connectivity index (χ4v) is 4.70. The van der Waals surface area contributed by atoms with Gasteiger partial charge in [-0.2, -0.15) is 0 Å². The number of nitrogens with one attached hydrogen (secondary N) is 1. The molecule has 1 aliphatic rings. The Labute approximate surface area is 201 Å². The fourth-order valence-electron chi connectivity index (χ4n) is 4.32. The van der Waals surface area contributed by atoms with Gasteiger partial charge in [-0.1, -0.05) is 58.4 Å². The second-order valence-electron chi connectivity index (χ2n) is 7.95. The van der Waals surface area contributed by atoms with Gasteiger partial charge in [0, 0.05) is 9.86 Å². The molecule has 1 atom stereocenters. The van der Waals surface area contributed by atoms with Crippen molar-refractivity contribution in [1.82, 2.24) is 9.97 Å². The Balaban J connectivity index is 1.50. The Morgan fingerprint density at radius 1 is 1.03 bits per heavy atom. The van der Waals surface area contributed by atoms with Gasteiger partial charge >= 0.3 is 0 Å². The molecule has 0 bridgehead atoms. The summed E-state index contributed by atoms with van der Waals surface area (Å²) in [4.78, 5) is 35.9. The average molecular weight is 514 g/mol. The summed E-state index contributed by atoms with van der Waals surface area (Å²) in [5, 5.41) is 11.7. The predicted molar refractivity (Wildman–Crippen MR) is 131 cm³/mol. The van der Waals surface area contributed by atoms with Crippen molar-refractivity contribution in [2.24, 2.45) is 0 Å². The summed E-state index contributed by atoms with van der Waals surface area (Å²) in [5.41, 5.74) is 2.53. The number of aliphatic hydroxyl groups excluding tert-OH is 1. The second-order valence-corrected chi connectivity index (χ2v) is 8.87. The number of amides is 1. The Bertz CT molecular complexity index is 1600. The molecule has 7 nitrogen and oxygen atoms in total. The van der Waals surface area contributed by atoms with Crippen molar-refractivity contribution in [3.05, 3.63) is 106 Å². The van der Waals surface area contributed by atoms with Crippen molar-refractivity contribution >= 4 is 55.6 Å². The minimum Gasteiger partial charge on any atom is -0.503 e. The van der Waals surface area contributed by atoms with E-state index in [-0.39, 0.29) is 17.3 Å². The van der Waals surface area contributed by atoms with E-state index in [1.54, 1.807) is 24.3 Å². The second kappa shape index (κ2) is 7.71. The number of imidazole rings is 1. The van der Waals surface area contributed by atoms with E-state index in [0.29, 0.717) is 16.7 Å². The Morgan fingerprint density at radius 3 is 2.59 bits per heavy atom. The maximum atomic E-state index is 13.7. The summed E-state index contributed by atoms with van der Waals surface area (Å²) in [5.74, 6) is -1.63. The minimum atomic E-state index is -0.887. The van der Waals surface area contributed by atoms with Gasteiger partial charge in [0.25, 0.3) is 5.91 Å². The SMILES string of the molecule is O=C(C1=C(O)C(=O)N(c2nc3ccccc3[nH]2)C1c1ccccc1)c1cc2cc(Br)ccc2o1. The van der Waals surface area contributed by atoms with Crippen LogP contribution in [0, 0.1) is 0 Å². The number of aromatic nitrogens is 2. The van der Waals surface area contributed by atoms with Gasteiger partial charge < -0.3 is 14.5 Å². The number of anilines is 1. The zero-order valence-electron chi connectivity index (χ0n) is 17.5. The molecule has 3 heterocycles. The summed E-state index contributed by atoms with van der Waals surface area (Å²) >= 11 is 3.41. The van der Waals surface area contributed by atoms with Gasteiger partial charge in [-0.15, -0.1) is 0 Å². The molecule has 0 saturated carbocycles. The first-order valence-electron chi connectivity index (χ1n) is 10.5. The average Bonchev–Trinajstić information content (AvgIpc) is 3.53. The molecular formula is C26H16BrN3O4. The molecule has 5 aromatic rings. The highest BCUT2D eigenvalue weighted by Crippen LogP contribution is 2.42. The molecule has 2 aromatic heterocycles. The number of H-pyrrole nitrogens is 1. The first-order valence-corrected chi connectivity index (χ1v) is 11.3. The van der Waals surface area contributed by atoms with Gasteiger partial charge in [-0.25, -0.2) is 4.98 Å². The molecule has 0 saturated heterocycles. The molecule has 0 fully saturated rings. The van der Waals surface area contributed by atoms with E-state index in [2.05, 4.69) is 25.9 Å². The molecular weight excluding hydrogens is 498 g/mol. The van der Waals surface area contributed by atoms with Crippen LogP contribution < -0.4 is 4.90 Å². The number of furan rings is 1. The highest BCUT2D eigenvalue weighted by molar-refractivity contribution is 9.10. The summed E-state index contributed by atoms with van der Waals surface area (Å²) in [6, 6.07) is 22.5. The number of hydrogen-bond acceptors (Lipinski definition) is 5. The van der Waals surface area contributed by atoms with Crippen molar-refractivity contribution in [1.29, 1.82) is 0 Å². The molecule has 1 aliphatic heterocycles. The molecule has 0 radical (unpaired) electrons. The lowest BCUT2D eigenvalue weighted by Gasteiger charge is -2.24. The lowest BCUT2D eigenvalue weighted by atomic mass is 9.95. The van der Waals surface area contributed by atoms with E-state index < -0.39 is 23.5 Å². The normalized spacial score (nSPS) is 16.2. The van der Waals surface area contributed by atoms with E-state index in [4.69, 9.17) is 4.42 Å². The molecule has 3 aromatic carbocycles. The third kappa shape index (κ3) is 3.14. The number of fused-ring (bicyclic) bond motifs is 2. The highest BCUT2D eigenvalue weighted by atomic mass is 79.9. The standard InChI is InChI=1S/C26H16BrN3O4/c27-16-10-11-19-15(12-16)13-20(34-19)23(31)21-22(14-6-2-1-3-7-14)30(25(33)24(21)32)26-28-17-8-4-5-9-18(17)29-26/h1-13,22,32H,(H,28,29). The number of ketones is 1. The van der Waals surface area contributed by atoms with E-state index in [0.717, 1.165) is 15.4 Å². The molecule has 0 spiro atoms. The van der Waals surface area contributed by atoms with E-state index in [1.165, 1.54) is 4.90 Å². The third-order valence-electron chi connectivity index (χ3n) is 5.88. The Kier molecular flexibility index (Phi) is 4.63. The van der Waals surface area contributed by atoms with Crippen LogP contribution in [0.2, 0.25) is 0 Å². The molecule has 0 aliphatic carbocycles. The molecule has 6 rings (SSSR count). The zero-order chi connectivity index (χ0) is 23.4. The number of aromatic amines is 1. The first kappa shape index (κ1) is 20.4. The summed E-state index contributed by atoms with van der Waals surface area (Å²) in [6.07, 6.45) is 0. The first-order chi connectivity index (χ1) is 16.5. The van der Waals surface area contributed by atoms with Gasteiger partial charge in [0.2, 0.25) is 11.7 Å². The lowest BCUT2D eigenvalue weighted by molar-refractivity contribution is -0.117. The van der Waals surface area contributed by atoms with Gasteiger partial charge in [0.1, 0.15) is 5.58 Å². The molecule has 8 heteroatoms. The molecule has 1 amide bonds. The minimum absolute atomic E-state index is 0.0369. The molecule has 34 heavy (non-hydrogen) atoms. The number of nitrogens with zero attached hydrogens (tertiary/aromatic N) is 2. The largest absolute Gasteiger partial charge is 0.503 e. The number of carbonyl (C=O) groups excluding carboxylic acids is 2. The summed E-state index contributed by atoms with van der Waals surface area (Å²) < 4.78 is 6.63. The van der Waals surface area contributed by atoms with Crippen molar-refractivity contribution in [3.63, 3.8) is 0 Å². The van der Waals surface area contributed by atoms with Gasteiger partial charge in [-0.05, 0) is 42.0 Å². The number of aliphatic hydroxyl groups is 1. The summed E-state index contributed by atoms with van der Waals surface area (Å²) in [7, 11) is 0. The monoisotopic (exact) mass is 513 g/mol. The van der Waals surface area contributed by atoms with Crippen molar-refractivity contribution < 1.29 is 19.1 Å². The van der Waals surface area contributed by atoms with Crippen LogP contribution >= 0.6 is 15.9 Å². The van der Waals surface area contributed by atoms with Crippen LogP contribution in [0.15, 0.2) is 99.1 Å². The van der Waals surface area contributed by atoms with Crippen LogP contribution in [0.5, 0.6) is 0 Å². The number of rotatable bonds is 4. The van der Waals surface area contributed by atoms with Gasteiger partial charge in [0.15, 0.2) is 11.5 Å². The maximum Gasteiger partial charge on any atom is 0.296 e. The van der Waals surface area contributed by atoms with Crippen LogP contribution in [0.3, 0.4) is 0 Å². The quantitative estimate of drug-likeness (QED) is 0.293. The van der Waals surface area contributed by atoms with Crippen LogP contribution in [0.4, 0.5) is 5.95 Å². The maximum absolute atomic E-state index is 13.7. The van der Waals surface area contributed by atoms with E-state index in [1.807, 2.05) is 54.6 Å². The number of para-hydroxylation sites is 2. The van der Waals surface area contributed by atoms with E-state index in [9.17, 15) is 14.7 Å². The summed E-state index contributed by atoms with van der Waals surface area (Å²) in [6.45, 7) is 0. The number of benzene rings is 3. The van der Waals surface area contributed by atoms with Gasteiger partial charge in [0.05, 0.1) is 22.6 Å². The lowest BCUT2D eigenvalue weighted by Crippen LogP contribution is -2.31. The topological polar surface area (TPSA) is 99.4 Å². The fraction of sp³-hybridized carbons (Fsp3) is 0.0385. The van der Waals surface area contributed by atoms with Crippen LogP contribution in [-0.4, -0.2) is 26.8 Å². The number of Topliss-reactive ketones (excluding diaryl/α,β-unsaturated/α-hetero) is 1. The van der Waals surface area contributed by atoms with Crippen molar-refractivity contribution in [2.75, 3.05) is 4.90 Å². The van der Waals surface area contributed by atoms with Crippen molar-refractivity contribution in [2.45, 2.75) is 6.04 Å². The number of carbonyl (C=O) groups is 2. The predicted octanol–water partition coefficient (Wildman–Crippen LogP) is 5.85. The van der Waals surface area contributed by atoms with Gasteiger partial charge in [-0.3, -0.25) is 14.5 Å². The van der Waals surface area contributed by atoms with Crippen LogP contribution in [0.1, 0.15) is 22.2 Å². The Hall–Kier alpha value is -4.17.